The summed E-state index contributed by atoms with van der Waals surface area (Å²) in [5, 5.41) is 6.89. The summed E-state index contributed by atoms with van der Waals surface area (Å²) in [6.07, 6.45) is 1.17. The fourth-order valence-electron chi connectivity index (χ4n) is 2.52. The maximum Gasteiger partial charge on any atom is 0.0340 e. The van der Waals surface area contributed by atoms with Crippen LogP contribution in [0.25, 0.3) is 0 Å². The fourth-order valence-corrected chi connectivity index (χ4v) is 2.52. The van der Waals surface area contributed by atoms with Crippen LogP contribution in [0.3, 0.4) is 0 Å². The molecule has 0 aliphatic carbocycles. The van der Waals surface area contributed by atoms with E-state index in [0.717, 1.165) is 32.1 Å². The molecule has 0 amide bonds. The van der Waals surface area contributed by atoms with Crippen molar-refractivity contribution in [3.63, 3.8) is 0 Å². The van der Waals surface area contributed by atoms with E-state index in [1.165, 1.54) is 30.8 Å². The van der Waals surface area contributed by atoms with Crippen LogP contribution in [0.2, 0.25) is 0 Å². The molecule has 1 aliphatic rings. The molecular formula is C16H27N3. The molecular weight excluding hydrogens is 234 g/mol. The van der Waals surface area contributed by atoms with Gasteiger partial charge in [-0.2, -0.15) is 0 Å². The molecule has 0 bridgehead atoms. The molecule has 0 aromatic heterocycles. The molecule has 1 aromatic carbocycles. The van der Waals surface area contributed by atoms with Crippen molar-refractivity contribution in [3.8, 4) is 0 Å². The van der Waals surface area contributed by atoms with Crippen molar-refractivity contribution in [1.82, 2.24) is 10.2 Å². The highest BCUT2D eigenvalue weighted by Gasteiger charge is 2.08. The Morgan fingerprint density at radius 2 is 1.84 bits per heavy atom. The van der Waals surface area contributed by atoms with E-state index in [2.05, 4.69) is 53.6 Å². The summed E-state index contributed by atoms with van der Waals surface area (Å²) in [6, 6.07) is 8.89. The van der Waals surface area contributed by atoms with Crippen LogP contribution in [-0.4, -0.2) is 44.2 Å². The first-order valence-corrected chi connectivity index (χ1v) is 7.50. The van der Waals surface area contributed by atoms with Crippen molar-refractivity contribution in [2.75, 3.05) is 44.6 Å². The van der Waals surface area contributed by atoms with Gasteiger partial charge >= 0.3 is 0 Å². The number of piperazine rings is 1. The average Bonchev–Trinajstić information content (AvgIpc) is 2.41. The minimum Gasteiger partial charge on any atom is -0.384 e. The van der Waals surface area contributed by atoms with Crippen molar-refractivity contribution in [1.29, 1.82) is 0 Å². The molecule has 0 radical (unpaired) electrons. The molecule has 19 heavy (non-hydrogen) atoms. The Kier molecular flexibility index (Phi) is 5.67. The molecule has 1 heterocycles. The largest absolute Gasteiger partial charge is 0.384 e. The van der Waals surface area contributed by atoms with Crippen LogP contribution in [-0.2, 0) is 6.42 Å². The summed E-state index contributed by atoms with van der Waals surface area (Å²) in [5.41, 5.74) is 2.67. The van der Waals surface area contributed by atoms with E-state index >= 15 is 0 Å². The molecule has 2 rings (SSSR count). The Bertz CT molecular complexity index is 353. The molecule has 0 spiro atoms. The van der Waals surface area contributed by atoms with Gasteiger partial charge in [0.05, 0.1) is 0 Å². The highest BCUT2D eigenvalue weighted by molar-refractivity contribution is 5.44. The predicted molar refractivity (Wildman–Crippen MR) is 82.8 cm³/mol. The molecule has 2 N–H and O–H groups in total. The summed E-state index contributed by atoms with van der Waals surface area (Å²) >= 11 is 0. The lowest BCUT2D eigenvalue weighted by molar-refractivity contribution is 0.249. The minimum absolute atomic E-state index is 0.728. The summed E-state index contributed by atoms with van der Waals surface area (Å²) in [6.45, 7) is 11.3. The molecule has 106 valence electrons. The van der Waals surface area contributed by atoms with Crippen LogP contribution in [0.1, 0.15) is 19.4 Å². The predicted octanol–water partition coefficient (Wildman–Crippen LogP) is 2.20. The van der Waals surface area contributed by atoms with Crippen molar-refractivity contribution in [2.24, 2.45) is 5.92 Å². The molecule has 0 unspecified atom stereocenters. The number of hydrogen-bond donors (Lipinski definition) is 2. The second kappa shape index (κ2) is 7.51. The van der Waals surface area contributed by atoms with Gasteiger partial charge in [-0.25, -0.2) is 0 Å². The highest BCUT2D eigenvalue weighted by Crippen LogP contribution is 2.12. The maximum absolute atomic E-state index is 3.51. The van der Waals surface area contributed by atoms with Gasteiger partial charge in [0.25, 0.3) is 0 Å². The molecule has 1 fully saturated rings. The van der Waals surface area contributed by atoms with Gasteiger partial charge in [-0.3, -0.25) is 4.90 Å². The van der Waals surface area contributed by atoms with Crippen LogP contribution in [0.5, 0.6) is 0 Å². The van der Waals surface area contributed by atoms with Crippen molar-refractivity contribution in [2.45, 2.75) is 20.3 Å². The third kappa shape index (κ3) is 5.21. The van der Waals surface area contributed by atoms with Gasteiger partial charge in [0.1, 0.15) is 0 Å². The monoisotopic (exact) mass is 261 g/mol. The van der Waals surface area contributed by atoms with E-state index in [1.807, 2.05) is 0 Å². The third-order valence-electron chi connectivity index (χ3n) is 3.56. The maximum atomic E-state index is 3.51. The van der Waals surface area contributed by atoms with Gasteiger partial charge in [0, 0.05) is 45.0 Å². The van der Waals surface area contributed by atoms with Gasteiger partial charge in [-0.15, -0.1) is 0 Å². The topological polar surface area (TPSA) is 27.3 Å². The molecule has 1 saturated heterocycles. The van der Waals surface area contributed by atoms with Crippen LogP contribution in [0, 0.1) is 5.92 Å². The van der Waals surface area contributed by atoms with Crippen LogP contribution in [0.4, 0.5) is 5.69 Å². The Morgan fingerprint density at radius 3 is 2.47 bits per heavy atom. The molecule has 3 nitrogen and oxygen atoms in total. The van der Waals surface area contributed by atoms with Crippen LogP contribution in [0.15, 0.2) is 24.3 Å². The van der Waals surface area contributed by atoms with E-state index in [9.17, 15) is 0 Å². The zero-order chi connectivity index (χ0) is 13.5. The second-order valence-electron chi connectivity index (χ2n) is 5.81. The van der Waals surface area contributed by atoms with E-state index in [4.69, 9.17) is 0 Å². The molecule has 0 saturated carbocycles. The zero-order valence-electron chi connectivity index (χ0n) is 12.3. The number of hydrogen-bond acceptors (Lipinski definition) is 3. The number of benzene rings is 1. The average molecular weight is 261 g/mol. The SMILES string of the molecule is CC(C)Cc1ccc(NCCN2CCNCC2)cc1. The highest BCUT2D eigenvalue weighted by atomic mass is 15.2. The lowest BCUT2D eigenvalue weighted by Crippen LogP contribution is -2.45. The molecule has 1 aliphatic heterocycles. The van der Waals surface area contributed by atoms with Gasteiger partial charge in [0.2, 0.25) is 0 Å². The second-order valence-corrected chi connectivity index (χ2v) is 5.81. The Labute approximate surface area is 117 Å². The van der Waals surface area contributed by atoms with Crippen molar-refractivity contribution < 1.29 is 0 Å². The van der Waals surface area contributed by atoms with Gasteiger partial charge in [-0.1, -0.05) is 26.0 Å². The van der Waals surface area contributed by atoms with Gasteiger partial charge in [-0.05, 0) is 30.0 Å². The lowest BCUT2D eigenvalue weighted by Gasteiger charge is -2.27. The molecule has 0 atom stereocenters. The molecule has 3 heteroatoms. The summed E-state index contributed by atoms with van der Waals surface area (Å²) in [5.74, 6) is 0.728. The number of nitrogens with zero attached hydrogens (tertiary/aromatic N) is 1. The lowest BCUT2D eigenvalue weighted by atomic mass is 10.0. The normalized spacial score (nSPS) is 16.8. The third-order valence-corrected chi connectivity index (χ3v) is 3.56. The summed E-state index contributed by atoms with van der Waals surface area (Å²) < 4.78 is 0. The van der Waals surface area contributed by atoms with Crippen molar-refractivity contribution >= 4 is 5.69 Å². The Balaban J connectivity index is 1.70. The van der Waals surface area contributed by atoms with Gasteiger partial charge in [0.15, 0.2) is 0 Å². The zero-order valence-corrected chi connectivity index (χ0v) is 12.3. The van der Waals surface area contributed by atoms with E-state index < -0.39 is 0 Å². The summed E-state index contributed by atoms with van der Waals surface area (Å²) in [4.78, 5) is 2.51. The number of anilines is 1. The standard InChI is InChI=1S/C16H27N3/c1-14(2)13-15-3-5-16(6-4-15)18-9-12-19-10-7-17-8-11-19/h3-6,14,17-18H,7-13H2,1-2H3. The molecule has 1 aromatic rings. The summed E-state index contributed by atoms with van der Waals surface area (Å²) in [7, 11) is 0. The Hall–Kier alpha value is -1.06. The van der Waals surface area contributed by atoms with E-state index in [0.29, 0.717) is 0 Å². The van der Waals surface area contributed by atoms with E-state index in [1.54, 1.807) is 0 Å². The first-order chi connectivity index (χ1) is 9.24. The van der Waals surface area contributed by atoms with Crippen LogP contribution >= 0.6 is 0 Å². The fraction of sp³-hybridized carbons (Fsp3) is 0.625. The first kappa shape index (κ1) is 14.4. The van der Waals surface area contributed by atoms with E-state index in [-0.39, 0.29) is 0 Å². The minimum atomic E-state index is 0.728. The van der Waals surface area contributed by atoms with Crippen molar-refractivity contribution in [3.05, 3.63) is 29.8 Å². The number of nitrogens with one attached hydrogen (secondary N) is 2. The quantitative estimate of drug-likeness (QED) is 0.822. The first-order valence-electron chi connectivity index (χ1n) is 7.50. The smallest absolute Gasteiger partial charge is 0.0340 e. The van der Waals surface area contributed by atoms with Gasteiger partial charge < -0.3 is 10.6 Å². The number of rotatable bonds is 6. The van der Waals surface area contributed by atoms with Crippen LogP contribution < -0.4 is 10.6 Å². The Morgan fingerprint density at radius 1 is 1.16 bits per heavy atom.